The minimum Gasteiger partial charge on any atom is -0.497 e. The van der Waals surface area contributed by atoms with Crippen LogP contribution in [0.25, 0.3) is 0 Å². The minimum atomic E-state index is -0.636. The first-order valence-corrected chi connectivity index (χ1v) is 12.1. The van der Waals surface area contributed by atoms with Gasteiger partial charge in [0.05, 0.1) is 17.8 Å². The van der Waals surface area contributed by atoms with Crippen molar-refractivity contribution in [1.82, 2.24) is 4.90 Å². The van der Waals surface area contributed by atoms with Crippen LogP contribution in [0.4, 0.5) is 5.69 Å². The van der Waals surface area contributed by atoms with Crippen LogP contribution >= 0.6 is 11.6 Å². The average Bonchev–Trinajstić information content (AvgIpc) is 2.93. The first-order valence-electron chi connectivity index (χ1n) is 11.7. The Kier molecular flexibility index (Phi) is 6.83. The predicted octanol–water partition coefficient (Wildman–Crippen LogP) is 2.86. The van der Waals surface area contributed by atoms with Crippen LogP contribution < -0.4 is 20.4 Å². The number of rotatable bonds is 5. The van der Waals surface area contributed by atoms with E-state index >= 15 is 0 Å². The number of ketones is 1. The molecule has 0 radical (unpaired) electrons. The molecule has 0 atom stereocenters. The number of hydrogen-bond acceptors (Lipinski definition) is 6. The Balaban J connectivity index is 1.31. The zero-order chi connectivity index (χ0) is 25.9. The minimum absolute atomic E-state index is 0.0588. The highest BCUT2D eigenvalue weighted by Gasteiger charge is 2.23. The molecule has 3 aromatic rings. The van der Waals surface area contributed by atoms with E-state index in [1.165, 1.54) is 13.2 Å². The number of piperazine rings is 1. The Morgan fingerprint density at radius 2 is 1.68 bits per heavy atom. The van der Waals surface area contributed by atoms with Gasteiger partial charge in [-0.15, -0.1) is 0 Å². The third-order valence-corrected chi connectivity index (χ3v) is 6.50. The third kappa shape index (κ3) is 5.29. The van der Waals surface area contributed by atoms with Crippen molar-refractivity contribution in [3.05, 3.63) is 105 Å². The summed E-state index contributed by atoms with van der Waals surface area (Å²) in [6, 6.07) is 19.2. The van der Waals surface area contributed by atoms with Crippen LogP contribution in [0.1, 0.15) is 20.7 Å². The molecule has 2 aliphatic heterocycles. The summed E-state index contributed by atoms with van der Waals surface area (Å²) in [4.78, 5) is 50.8. The maximum atomic E-state index is 13.1. The lowest BCUT2D eigenvalue weighted by atomic mass is 10.1. The third-order valence-electron chi connectivity index (χ3n) is 6.27. The van der Waals surface area contributed by atoms with E-state index in [0.717, 1.165) is 5.69 Å². The second-order valence-electron chi connectivity index (χ2n) is 8.62. The number of hydrogen-bond donors (Lipinski definition) is 0. The summed E-state index contributed by atoms with van der Waals surface area (Å²) in [7, 11) is 1.51. The zero-order valence-electron chi connectivity index (χ0n) is 20.1. The molecule has 2 amide bonds. The van der Waals surface area contributed by atoms with Gasteiger partial charge in [0.2, 0.25) is 0 Å². The fourth-order valence-corrected chi connectivity index (χ4v) is 4.47. The topological polar surface area (TPSA) is 91.6 Å². The molecular weight excluding hydrogens is 492 g/mol. The number of carbonyl (C=O) groups is 3. The summed E-state index contributed by atoms with van der Waals surface area (Å²) in [5.74, 6) is -0.614. The van der Waals surface area contributed by atoms with Gasteiger partial charge in [-0.2, -0.15) is 0 Å². The van der Waals surface area contributed by atoms with Gasteiger partial charge >= 0.3 is 0 Å². The lowest BCUT2D eigenvalue weighted by molar-refractivity contribution is -0.114. The number of carbonyl (C=O) groups excluding carboxylic acids is 3. The van der Waals surface area contributed by atoms with Crippen LogP contribution in [-0.2, 0) is 4.79 Å². The quantitative estimate of drug-likeness (QED) is 0.386. The van der Waals surface area contributed by atoms with E-state index < -0.39 is 5.91 Å². The number of allylic oxidation sites excluding steroid dienone is 1. The van der Waals surface area contributed by atoms with E-state index in [9.17, 15) is 14.4 Å². The molecule has 1 fully saturated rings. The van der Waals surface area contributed by atoms with Gasteiger partial charge in [0.25, 0.3) is 11.8 Å². The molecule has 0 bridgehead atoms. The molecule has 3 aromatic carbocycles. The second kappa shape index (κ2) is 10.4. The largest absolute Gasteiger partial charge is 0.497 e. The van der Waals surface area contributed by atoms with Gasteiger partial charge in [0, 0.05) is 54.1 Å². The van der Waals surface area contributed by atoms with Crippen LogP contribution in [0.5, 0.6) is 5.75 Å². The Labute approximate surface area is 218 Å². The van der Waals surface area contributed by atoms with Crippen LogP contribution in [0.2, 0.25) is 5.02 Å². The number of anilines is 1. The van der Waals surface area contributed by atoms with Crippen molar-refractivity contribution in [2.45, 2.75) is 0 Å². The molecule has 0 saturated carbocycles. The highest BCUT2D eigenvalue weighted by molar-refractivity contribution is 6.30. The van der Waals surface area contributed by atoms with Crippen LogP contribution in [0, 0.1) is 0 Å². The highest BCUT2D eigenvalue weighted by atomic mass is 35.5. The maximum absolute atomic E-state index is 13.1. The average molecular weight is 515 g/mol. The van der Waals surface area contributed by atoms with Crippen LogP contribution in [-0.4, -0.2) is 55.8 Å². The Bertz CT molecular complexity index is 1560. The lowest BCUT2D eigenvalue weighted by Crippen LogP contribution is -2.49. The standard InChI is InChI=1S/C28H23ClN4O4/c1-37-22-7-2-4-18(14-22)26(34)17-25-27(35)31-24-15-19(8-9-23(24)30-25)28(36)33-12-10-32(11-13-33)21-6-3-5-20(29)16-21/h2-9,14-17H,10-13H2,1H3/b25-17-. The molecule has 186 valence electrons. The molecule has 0 spiro atoms. The van der Waals surface area contributed by atoms with Gasteiger partial charge in [-0.3, -0.25) is 14.4 Å². The molecule has 0 unspecified atom stereocenters. The van der Waals surface area contributed by atoms with Crippen molar-refractivity contribution < 1.29 is 19.1 Å². The van der Waals surface area contributed by atoms with Crippen LogP contribution in [0.15, 0.2) is 88.5 Å². The molecule has 0 aliphatic carbocycles. The van der Waals surface area contributed by atoms with Crippen molar-refractivity contribution in [2.24, 2.45) is 9.98 Å². The van der Waals surface area contributed by atoms with E-state index in [4.69, 9.17) is 16.3 Å². The summed E-state index contributed by atoms with van der Waals surface area (Å²) < 4.78 is 5.15. The first-order chi connectivity index (χ1) is 17.9. The number of amides is 2. The number of halogens is 1. The van der Waals surface area contributed by atoms with Gasteiger partial charge in [0.15, 0.2) is 5.78 Å². The van der Waals surface area contributed by atoms with Gasteiger partial charge in [-0.25, -0.2) is 9.98 Å². The number of ether oxygens (including phenoxy) is 1. The van der Waals surface area contributed by atoms with E-state index in [0.29, 0.717) is 58.8 Å². The molecule has 2 heterocycles. The van der Waals surface area contributed by atoms with E-state index in [1.807, 2.05) is 24.3 Å². The van der Waals surface area contributed by atoms with E-state index in [1.54, 1.807) is 47.4 Å². The fourth-order valence-electron chi connectivity index (χ4n) is 4.29. The Morgan fingerprint density at radius 3 is 2.43 bits per heavy atom. The first kappa shape index (κ1) is 24.4. The number of fused-ring (bicyclic) bond motifs is 1. The summed E-state index contributed by atoms with van der Waals surface area (Å²) >= 11 is 6.11. The molecule has 0 aromatic heterocycles. The smallest absolute Gasteiger partial charge is 0.296 e. The van der Waals surface area contributed by atoms with Crippen molar-refractivity contribution in [2.75, 3.05) is 38.2 Å². The number of nitrogens with zero attached hydrogens (tertiary/aromatic N) is 4. The molecule has 0 N–H and O–H groups in total. The van der Waals surface area contributed by atoms with Gasteiger partial charge < -0.3 is 14.5 Å². The molecule has 8 nitrogen and oxygen atoms in total. The maximum Gasteiger partial charge on any atom is 0.296 e. The van der Waals surface area contributed by atoms with Crippen molar-refractivity contribution >= 4 is 34.9 Å². The molecule has 9 heteroatoms. The highest BCUT2D eigenvalue weighted by Crippen LogP contribution is 2.21. The molecule has 37 heavy (non-hydrogen) atoms. The van der Waals surface area contributed by atoms with Crippen LogP contribution in [0.3, 0.4) is 0 Å². The van der Waals surface area contributed by atoms with Crippen molar-refractivity contribution in [1.29, 1.82) is 0 Å². The number of benzene rings is 3. The lowest BCUT2D eigenvalue weighted by Gasteiger charge is -2.36. The van der Waals surface area contributed by atoms with Gasteiger partial charge in [-0.1, -0.05) is 29.8 Å². The summed E-state index contributed by atoms with van der Waals surface area (Å²) in [6.45, 7) is 2.49. The van der Waals surface area contributed by atoms with E-state index in [-0.39, 0.29) is 17.4 Å². The Hall–Kier alpha value is -4.30. The normalized spacial score (nSPS) is 16.1. The molecular formula is C28H23ClN4O4. The van der Waals surface area contributed by atoms with Crippen molar-refractivity contribution in [3.63, 3.8) is 0 Å². The van der Waals surface area contributed by atoms with Gasteiger partial charge in [-0.05, 0) is 48.5 Å². The van der Waals surface area contributed by atoms with E-state index in [2.05, 4.69) is 14.9 Å². The monoisotopic (exact) mass is 514 g/mol. The van der Waals surface area contributed by atoms with Gasteiger partial charge in [0.1, 0.15) is 11.4 Å². The number of methoxy groups -OCH3 is 1. The second-order valence-corrected chi connectivity index (χ2v) is 9.05. The SMILES string of the molecule is COc1cccc(C(=O)/C=C2\N=c3ccc(C(=O)N4CCN(c5cccc(Cl)c5)CC4)cc3=NC2=O)c1. The summed E-state index contributed by atoms with van der Waals surface area (Å²) in [5.41, 5.74) is 1.77. The van der Waals surface area contributed by atoms with Crippen molar-refractivity contribution in [3.8, 4) is 5.75 Å². The fraction of sp³-hybridized carbons (Fsp3) is 0.179. The molecule has 2 aliphatic rings. The zero-order valence-corrected chi connectivity index (χ0v) is 20.8. The summed E-state index contributed by atoms with van der Waals surface area (Å²) in [5, 5.41) is 1.41. The predicted molar refractivity (Wildman–Crippen MR) is 139 cm³/mol. The summed E-state index contributed by atoms with van der Waals surface area (Å²) in [6.07, 6.45) is 1.17. The molecule has 1 saturated heterocycles. The Morgan fingerprint density at radius 1 is 0.892 bits per heavy atom. The molecule has 5 rings (SSSR count).